The van der Waals surface area contributed by atoms with Crippen molar-refractivity contribution in [3.8, 4) is 5.75 Å². The second-order valence-electron chi connectivity index (χ2n) is 7.60. The van der Waals surface area contributed by atoms with E-state index in [4.69, 9.17) is 9.26 Å². The minimum Gasteiger partial charge on any atom is -0.507 e. The van der Waals surface area contributed by atoms with Crippen molar-refractivity contribution < 1.29 is 23.6 Å². The van der Waals surface area contributed by atoms with Gasteiger partial charge < -0.3 is 19.7 Å². The molecule has 2 N–H and O–H groups in total. The molecule has 1 aliphatic heterocycles. The van der Waals surface area contributed by atoms with Crippen LogP contribution in [0.3, 0.4) is 0 Å². The molecule has 8 heteroatoms. The van der Waals surface area contributed by atoms with Gasteiger partial charge in [0.05, 0.1) is 12.5 Å². The Labute approximate surface area is 162 Å². The summed E-state index contributed by atoms with van der Waals surface area (Å²) in [5.41, 5.74) is -1.21. The Morgan fingerprint density at radius 1 is 1.25 bits per heavy atom. The van der Waals surface area contributed by atoms with Crippen molar-refractivity contribution in [1.82, 2.24) is 15.5 Å². The van der Waals surface area contributed by atoms with Crippen molar-refractivity contribution >= 4 is 5.91 Å². The monoisotopic (exact) mass is 389 g/mol. The number of ether oxygens (including phenoxy) is 1. The van der Waals surface area contributed by atoms with E-state index < -0.39 is 23.0 Å². The number of nitrogens with one attached hydrogen (secondary N) is 1. The summed E-state index contributed by atoms with van der Waals surface area (Å²) in [5.74, 6) is -0.834. The van der Waals surface area contributed by atoms with E-state index in [0.29, 0.717) is 37.8 Å². The van der Waals surface area contributed by atoms with E-state index in [1.54, 1.807) is 0 Å². The van der Waals surface area contributed by atoms with Crippen LogP contribution in [0.15, 0.2) is 22.7 Å². The van der Waals surface area contributed by atoms with Gasteiger partial charge in [-0.2, -0.15) is 4.98 Å². The Kier molecular flexibility index (Phi) is 5.30. The van der Waals surface area contributed by atoms with E-state index in [9.17, 15) is 14.3 Å². The average Bonchev–Trinajstić information content (AvgIpc) is 3.31. The fraction of sp³-hybridized carbons (Fsp3) is 0.550. The van der Waals surface area contributed by atoms with Crippen LogP contribution >= 0.6 is 0 Å². The SMILES string of the molecule is O=C(NC1(c2noc(C3CCOC3)n2)CCCCCC1)c1c(O)cccc1F. The predicted octanol–water partition coefficient (Wildman–Crippen LogP) is 3.40. The van der Waals surface area contributed by atoms with Gasteiger partial charge in [0.15, 0.2) is 5.82 Å². The van der Waals surface area contributed by atoms with Gasteiger partial charge in [0.25, 0.3) is 5.91 Å². The zero-order chi connectivity index (χ0) is 19.6. The lowest BCUT2D eigenvalue weighted by atomic mass is 9.88. The van der Waals surface area contributed by atoms with E-state index in [0.717, 1.165) is 38.2 Å². The first-order valence-electron chi connectivity index (χ1n) is 9.81. The van der Waals surface area contributed by atoms with Crippen molar-refractivity contribution in [1.29, 1.82) is 0 Å². The van der Waals surface area contributed by atoms with Crippen molar-refractivity contribution in [2.24, 2.45) is 0 Å². The number of hydrogen-bond donors (Lipinski definition) is 2. The van der Waals surface area contributed by atoms with Crippen molar-refractivity contribution in [2.75, 3.05) is 13.2 Å². The molecule has 1 saturated carbocycles. The molecule has 2 fully saturated rings. The Morgan fingerprint density at radius 2 is 2.04 bits per heavy atom. The molecule has 7 nitrogen and oxygen atoms in total. The molecule has 0 bridgehead atoms. The van der Waals surface area contributed by atoms with Gasteiger partial charge in [0.2, 0.25) is 5.89 Å². The van der Waals surface area contributed by atoms with E-state index >= 15 is 0 Å². The highest BCUT2D eigenvalue weighted by atomic mass is 19.1. The molecule has 0 radical (unpaired) electrons. The van der Waals surface area contributed by atoms with Gasteiger partial charge in [0.1, 0.15) is 22.7 Å². The molecule has 28 heavy (non-hydrogen) atoms. The lowest BCUT2D eigenvalue weighted by Gasteiger charge is -2.31. The standard InChI is InChI=1S/C20H24FN3O4/c21-14-6-5-7-15(25)16(14)17(26)23-20(9-3-1-2-4-10-20)19-22-18(28-24-19)13-8-11-27-12-13/h5-7,13,25H,1-4,8-12H2,(H,23,26). The second-order valence-corrected chi connectivity index (χ2v) is 7.60. The van der Waals surface area contributed by atoms with Crippen molar-refractivity contribution in [2.45, 2.75) is 56.4 Å². The van der Waals surface area contributed by atoms with Gasteiger partial charge >= 0.3 is 0 Å². The van der Waals surface area contributed by atoms with Crippen LogP contribution in [0, 0.1) is 5.82 Å². The molecule has 1 aromatic heterocycles. The van der Waals surface area contributed by atoms with E-state index in [1.165, 1.54) is 12.1 Å². The lowest BCUT2D eigenvalue weighted by molar-refractivity contribution is 0.0869. The number of amides is 1. The Hall–Kier alpha value is -2.48. The Bertz CT molecular complexity index is 819. The summed E-state index contributed by atoms with van der Waals surface area (Å²) >= 11 is 0. The molecule has 0 spiro atoms. The molecule has 4 rings (SSSR count). The number of aromatic hydroxyl groups is 1. The van der Waals surface area contributed by atoms with Crippen molar-refractivity contribution in [3.05, 3.63) is 41.3 Å². The lowest BCUT2D eigenvalue weighted by Crippen LogP contribution is -2.46. The van der Waals surface area contributed by atoms with Gasteiger partial charge in [-0.1, -0.05) is 36.9 Å². The molecule has 1 atom stereocenters. The molecule has 1 saturated heterocycles. The number of phenolic OH excluding ortho intramolecular Hbond substituents is 1. The van der Waals surface area contributed by atoms with Gasteiger partial charge in [-0.3, -0.25) is 4.79 Å². The summed E-state index contributed by atoms with van der Waals surface area (Å²) in [7, 11) is 0. The number of hydrogen-bond acceptors (Lipinski definition) is 6. The maximum Gasteiger partial charge on any atom is 0.258 e. The van der Waals surface area contributed by atoms with Crippen LogP contribution in [0.5, 0.6) is 5.75 Å². The molecule has 2 aliphatic rings. The fourth-order valence-corrected chi connectivity index (χ4v) is 4.08. The molecular formula is C20H24FN3O4. The van der Waals surface area contributed by atoms with Gasteiger partial charge in [0, 0.05) is 6.61 Å². The highest BCUT2D eigenvalue weighted by molar-refractivity contribution is 5.97. The third-order valence-corrected chi connectivity index (χ3v) is 5.68. The van der Waals surface area contributed by atoms with Crippen LogP contribution in [0.2, 0.25) is 0 Å². The minimum atomic E-state index is -0.844. The number of rotatable bonds is 4. The summed E-state index contributed by atoms with van der Waals surface area (Å²) in [5, 5.41) is 17.1. The fourth-order valence-electron chi connectivity index (χ4n) is 4.08. The summed E-state index contributed by atoms with van der Waals surface area (Å²) < 4.78 is 25.1. The van der Waals surface area contributed by atoms with Crippen LogP contribution in [-0.4, -0.2) is 34.4 Å². The average molecular weight is 389 g/mol. The Morgan fingerprint density at radius 3 is 2.71 bits per heavy atom. The number of aromatic nitrogens is 2. The maximum absolute atomic E-state index is 14.2. The van der Waals surface area contributed by atoms with Gasteiger partial charge in [-0.05, 0) is 31.4 Å². The number of benzene rings is 1. The van der Waals surface area contributed by atoms with E-state index in [-0.39, 0.29) is 11.5 Å². The number of halogens is 1. The first-order chi connectivity index (χ1) is 13.6. The topological polar surface area (TPSA) is 97.5 Å². The zero-order valence-electron chi connectivity index (χ0n) is 15.6. The van der Waals surface area contributed by atoms with Crippen LogP contribution in [0.1, 0.15) is 72.9 Å². The maximum atomic E-state index is 14.2. The molecule has 1 unspecified atom stereocenters. The number of nitrogens with zero attached hydrogens (tertiary/aromatic N) is 2. The smallest absolute Gasteiger partial charge is 0.258 e. The highest BCUT2D eigenvalue weighted by Gasteiger charge is 2.40. The van der Waals surface area contributed by atoms with Gasteiger partial charge in [-0.15, -0.1) is 0 Å². The Balaban J connectivity index is 1.66. The number of carbonyl (C=O) groups excluding carboxylic acids is 1. The number of carbonyl (C=O) groups is 1. The molecular weight excluding hydrogens is 365 g/mol. The summed E-state index contributed by atoms with van der Waals surface area (Å²) in [6.07, 6.45) is 5.96. The van der Waals surface area contributed by atoms with Gasteiger partial charge in [-0.25, -0.2) is 4.39 Å². The summed E-state index contributed by atoms with van der Waals surface area (Å²) in [4.78, 5) is 17.5. The predicted molar refractivity (Wildman–Crippen MR) is 97.4 cm³/mol. The third kappa shape index (κ3) is 3.61. The largest absolute Gasteiger partial charge is 0.507 e. The highest BCUT2D eigenvalue weighted by Crippen LogP contribution is 2.36. The molecule has 1 aliphatic carbocycles. The summed E-state index contributed by atoms with van der Waals surface area (Å²) in [6.45, 7) is 1.21. The minimum absolute atomic E-state index is 0.0652. The molecule has 2 heterocycles. The first kappa shape index (κ1) is 18.9. The van der Waals surface area contributed by atoms with Crippen LogP contribution in [0.4, 0.5) is 4.39 Å². The molecule has 1 amide bonds. The van der Waals surface area contributed by atoms with E-state index in [2.05, 4.69) is 15.5 Å². The quantitative estimate of drug-likeness (QED) is 0.778. The van der Waals surface area contributed by atoms with Crippen LogP contribution in [0.25, 0.3) is 0 Å². The van der Waals surface area contributed by atoms with Crippen LogP contribution in [-0.2, 0) is 10.3 Å². The van der Waals surface area contributed by atoms with Crippen molar-refractivity contribution in [3.63, 3.8) is 0 Å². The summed E-state index contributed by atoms with van der Waals surface area (Å²) in [6, 6.07) is 3.81. The zero-order valence-corrected chi connectivity index (χ0v) is 15.6. The molecule has 1 aromatic carbocycles. The molecule has 150 valence electrons. The normalized spacial score (nSPS) is 22.0. The van der Waals surface area contributed by atoms with E-state index in [1.807, 2.05) is 0 Å². The molecule has 2 aromatic rings. The van der Waals surface area contributed by atoms with Crippen LogP contribution < -0.4 is 5.32 Å². The third-order valence-electron chi connectivity index (χ3n) is 5.68. The first-order valence-corrected chi connectivity index (χ1v) is 9.81. The number of phenols is 1. The second kappa shape index (κ2) is 7.87.